The topological polar surface area (TPSA) is 67.4 Å². The fourth-order valence-electron chi connectivity index (χ4n) is 3.13. The van der Waals surface area contributed by atoms with Crippen molar-refractivity contribution >= 4 is 28.3 Å². The molecule has 3 aromatic carbocycles. The number of carbonyl (C=O) groups excluding carboxylic acids is 2. The van der Waals surface area contributed by atoms with Crippen molar-refractivity contribution in [1.29, 1.82) is 0 Å². The van der Waals surface area contributed by atoms with Gasteiger partial charge in [-0.05, 0) is 54.8 Å². The highest BCUT2D eigenvalue weighted by Gasteiger charge is 2.21. The fourth-order valence-corrected chi connectivity index (χ4v) is 3.13. The van der Waals surface area contributed by atoms with Crippen molar-refractivity contribution in [2.24, 2.45) is 0 Å². The Hall–Kier alpha value is -3.34. The van der Waals surface area contributed by atoms with Gasteiger partial charge in [0.2, 0.25) is 0 Å². The molecular weight excluding hydrogens is 376 g/mol. The molecule has 2 amide bonds. The van der Waals surface area contributed by atoms with E-state index in [2.05, 4.69) is 10.6 Å². The van der Waals surface area contributed by atoms with Gasteiger partial charge in [0, 0.05) is 6.04 Å². The van der Waals surface area contributed by atoms with Crippen LogP contribution in [-0.4, -0.2) is 24.0 Å². The van der Waals surface area contributed by atoms with Gasteiger partial charge in [-0.3, -0.25) is 9.59 Å². The minimum atomic E-state index is -0.670. The maximum absolute atomic E-state index is 12.9. The van der Waals surface area contributed by atoms with E-state index in [4.69, 9.17) is 4.74 Å². The first-order valence-electron chi connectivity index (χ1n) is 10.4. The van der Waals surface area contributed by atoms with Gasteiger partial charge in [-0.15, -0.1) is 0 Å². The van der Waals surface area contributed by atoms with Crippen LogP contribution in [0.5, 0.6) is 5.75 Å². The van der Waals surface area contributed by atoms with Crippen molar-refractivity contribution in [3.63, 3.8) is 0 Å². The van der Waals surface area contributed by atoms with Gasteiger partial charge < -0.3 is 15.4 Å². The summed E-state index contributed by atoms with van der Waals surface area (Å²) in [5.74, 6) is 0.150. The number of para-hydroxylation sites is 1. The second-order valence-electron chi connectivity index (χ2n) is 7.34. The number of hydrogen-bond acceptors (Lipinski definition) is 3. The van der Waals surface area contributed by atoms with E-state index in [0.29, 0.717) is 23.4 Å². The van der Waals surface area contributed by atoms with E-state index < -0.39 is 6.10 Å². The fraction of sp³-hybridized carbons (Fsp3) is 0.280. The molecule has 0 radical (unpaired) electrons. The molecule has 0 heterocycles. The predicted molar refractivity (Wildman–Crippen MR) is 121 cm³/mol. The molecule has 2 N–H and O–H groups in total. The van der Waals surface area contributed by atoms with Crippen molar-refractivity contribution in [3.05, 3.63) is 72.3 Å². The number of amides is 2. The molecule has 0 aliphatic heterocycles. The molecule has 0 spiro atoms. The number of ether oxygens (including phenoxy) is 1. The SMILES string of the molecule is CC[C@@H](C)NC(=O)c1ccccc1NC(=O)[C@@H](CC)Oc1ccc2ccccc2c1. The second-order valence-corrected chi connectivity index (χ2v) is 7.34. The lowest BCUT2D eigenvalue weighted by atomic mass is 10.1. The van der Waals surface area contributed by atoms with E-state index in [9.17, 15) is 9.59 Å². The number of hydrogen-bond donors (Lipinski definition) is 2. The van der Waals surface area contributed by atoms with Gasteiger partial charge >= 0.3 is 0 Å². The number of anilines is 1. The first kappa shape index (κ1) is 21.4. The minimum absolute atomic E-state index is 0.0564. The molecule has 30 heavy (non-hydrogen) atoms. The van der Waals surface area contributed by atoms with Crippen LogP contribution in [0.25, 0.3) is 10.8 Å². The van der Waals surface area contributed by atoms with E-state index in [0.717, 1.165) is 17.2 Å². The Kier molecular flexibility index (Phi) is 7.07. The number of nitrogens with one attached hydrogen (secondary N) is 2. The number of carbonyl (C=O) groups is 2. The first-order chi connectivity index (χ1) is 14.5. The quantitative estimate of drug-likeness (QED) is 0.545. The van der Waals surface area contributed by atoms with Gasteiger partial charge in [0.1, 0.15) is 5.75 Å². The Labute approximate surface area is 177 Å². The molecular formula is C25H28N2O3. The predicted octanol–water partition coefficient (Wildman–Crippen LogP) is 5.16. The highest BCUT2D eigenvalue weighted by Crippen LogP contribution is 2.23. The number of fused-ring (bicyclic) bond motifs is 1. The van der Waals surface area contributed by atoms with Crippen LogP contribution in [-0.2, 0) is 4.79 Å². The molecule has 0 saturated carbocycles. The van der Waals surface area contributed by atoms with Gasteiger partial charge in [0.25, 0.3) is 11.8 Å². The zero-order valence-electron chi connectivity index (χ0n) is 17.6. The molecule has 0 saturated heterocycles. The van der Waals surface area contributed by atoms with Gasteiger partial charge in [-0.25, -0.2) is 0 Å². The van der Waals surface area contributed by atoms with E-state index in [1.807, 2.05) is 63.2 Å². The summed E-state index contributed by atoms with van der Waals surface area (Å²) in [6.07, 6.45) is 0.661. The summed E-state index contributed by atoms with van der Waals surface area (Å²) < 4.78 is 5.98. The number of benzene rings is 3. The maximum Gasteiger partial charge on any atom is 0.265 e. The summed E-state index contributed by atoms with van der Waals surface area (Å²) in [4.78, 5) is 25.5. The molecule has 0 aromatic heterocycles. The maximum atomic E-state index is 12.9. The van der Waals surface area contributed by atoms with Crippen LogP contribution < -0.4 is 15.4 Å². The van der Waals surface area contributed by atoms with Gasteiger partial charge in [-0.1, -0.05) is 56.3 Å². The average Bonchev–Trinajstić information content (AvgIpc) is 2.77. The van der Waals surface area contributed by atoms with Crippen LogP contribution in [0.1, 0.15) is 44.0 Å². The summed E-state index contributed by atoms with van der Waals surface area (Å²) in [7, 11) is 0. The Morgan fingerprint density at radius 2 is 1.60 bits per heavy atom. The zero-order valence-corrected chi connectivity index (χ0v) is 17.6. The number of rotatable bonds is 8. The summed E-state index contributed by atoms with van der Waals surface area (Å²) in [6.45, 7) is 5.85. The third-order valence-electron chi connectivity index (χ3n) is 5.08. The summed E-state index contributed by atoms with van der Waals surface area (Å²) in [6, 6.07) is 20.8. The van der Waals surface area contributed by atoms with Crippen molar-refractivity contribution in [2.75, 3.05) is 5.32 Å². The summed E-state index contributed by atoms with van der Waals surface area (Å²) in [5, 5.41) is 7.97. The van der Waals surface area contributed by atoms with Crippen molar-refractivity contribution in [2.45, 2.75) is 45.8 Å². The lowest BCUT2D eigenvalue weighted by Crippen LogP contribution is -2.35. The van der Waals surface area contributed by atoms with E-state index in [1.54, 1.807) is 24.3 Å². The zero-order chi connectivity index (χ0) is 21.5. The minimum Gasteiger partial charge on any atom is -0.481 e. The summed E-state index contributed by atoms with van der Waals surface area (Å²) in [5.41, 5.74) is 0.913. The molecule has 0 fully saturated rings. The van der Waals surface area contributed by atoms with E-state index in [-0.39, 0.29) is 17.9 Å². The van der Waals surface area contributed by atoms with Crippen molar-refractivity contribution in [1.82, 2.24) is 5.32 Å². The van der Waals surface area contributed by atoms with Gasteiger partial charge in [0.05, 0.1) is 11.3 Å². The highest BCUT2D eigenvalue weighted by atomic mass is 16.5. The van der Waals surface area contributed by atoms with Crippen molar-refractivity contribution in [3.8, 4) is 5.75 Å². The van der Waals surface area contributed by atoms with Crippen LogP contribution in [0.4, 0.5) is 5.69 Å². The van der Waals surface area contributed by atoms with E-state index in [1.165, 1.54) is 0 Å². The Balaban J connectivity index is 1.74. The van der Waals surface area contributed by atoms with Crippen LogP contribution in [0.15, 0.2) is 66.7 Å². The first-order valence-corrected chi connectivity index (χ1v) is 10.4. The van der Waals surface area contributed by atoms with Crippen LogP contribution in [0, 0.1) is 0 Å². The third-order valence-corrected chi connectivity index (χ3v) is 5.08. The lowest BCUT2D eigenvalue weighted by Gasteiger charge is -2.19. The smallest absolute Gasteiger partial charge is 0.265 e. The molecule has 3 rings (SSSR count). The Bertz CT molecular complexity index is 1030. The molecule has 0 aliphatic rings. The summed E-state index contributed by atoms with van der Waals surface area (Å²) >= 11 is 0. The Morgan fingerprint density at radius 1 is 0.900 bits per heavy atom. The molecule has 0 aliphatic carbocycles. The standard InChI is InChI=1S/C25H28N2O3/c1-4-17(3)26-24(28)21-12-8-9-13-22(21)27-25(29)23(5-2)30-20-15-14-18-10-6-7-11-19(18)16-20/h6-17,23H,4-5H2,1-3H3,(H,26,28)(H,27,29)/t17-,23-/m1/s1. The normalized spacial score (nSPS) is 12.8. The second kappa shape index (κ2) is 9.92. The van der Waals surface area contributed by atoms with Gasteiger partial charge in [-0.2, -0.15) is 0 Å². The molecule has 0 unspecified atom stereocenters. The molecule has 156 valence electrons. The van der Waals surface area contributed by atoms with Gasteiger partial charge in [0.15, 0.2) is 6.10 Å². The monoisotopic (exact) mass is 404 g/mol. The average molecular weight is 405 g/mol. The van der Waals surface area contributed by atoms with Crippen LogP contribution in [0.3, 0.4) is 0 Å². The lowest BCUT2D eigenvalue weighted by molar-refractivity contribution is -0.122. The highest BCUT2D eigenvalue weighted by molar-refractivity contribution is 6.04. The van der Waals surface area contributed by atoms with Crippen molar-refractivity contribution < 1.29 is 14.3 Å². The van der Waals surface area contributed by atoms with Crippen LogP contribution in [0.2, 0.25) is 0 Å². The molecule has 2 atom stereocenters. The Morgan fingerprint density at radius 3 is 2.33 bits per heavy atom. The molecule has 5 nitrogen and oxygen atoms in total. The van der Waals surface area contributed by atoms with Crippen LogP contribution >= 0.6 is 0 Å². The largest absolute Gasteiger partial charge is 0.481 e. The molecule has 5 heteroatoms. The molecule has 0 bridgehead atoms. The third kappa shape index (κ3) is 5.17. The van der Waals surface area contributed by atoms with E-state index >= 15 is 0 Å². The molecule has 3 aromatic rings.